The van der Waals surface area contributed by atoms with Crippen molar-refractivity contribution in [3.8, 4) is 12.3 Å². The first-order valence-corrected chi connectivity index (χ1v) is 8.44. The summed E-state index contributed by atoms with van der Waals surface area (Å²) in [6.07, 6.45) is 9.08. The summed E-state index contributed by atoms with van der Waals surface area (Å²) in [4.78, 5) is 14.6. The van der Waals surface area contributed by atoms with Crippen LogP contribution in [0.5, 0.6) is 0 Å². The molecule has 0 bridgehead atoms. The van der Waals surface area contributed by atoms with Crippen molar-refractivity contribution >= 4 is 24.2 Å². The average Bonchev–Trinajstić information content (AvgIpc) is 2.43. The van der Waals surface area contributed by atoms with Gasteiger partial charge in [0, 0.05) is 0 Å². The van der Waals surface area contributed by atoms with Gasteiger partial charge in [0.2, 0.25) is 0 Å². The van der Waals surface area contributed by atoms with Gasteiger partial charge in [-0.1, -0.05) is 0 Å². The molecule has 2 nitrogen and oxygen atoms in total. The first-order valence-electron chi connectivity index (χ1n) is 6.73. The summed E-state index contributed by atoms with van der Waals surface area (Å²) in [5.41, 5.74) is 0. The molecule has 0 radical (unpaired) electrons. The van der Waals surface area contributed by atoms with Crippen molar-refractivity contribution in [3.63, 3.8) is 0 Å². The van der Waals surface area contributed by atoms with E-state index in [2.05, 4.69) is 12.8 Å². The minimum absolute atomic E-state index is 0.120. The average molecular weight is 322 g/mol. The van der Waals surface area contributed by atoms with Gasteiger partial charge in [-0.2, -0.15) is 0 Å². The Hall–Kier alpha value is -1.23. The number of hydrogen-bond acceptors (Lipinski definition) is 1. The summed E-state index contributed by atoms with van der Waals surface area (Å²) in [5, 5.41) is 0. The molecule has 1 amide bonds. The number of hydrogen-bond donors (Lipinski definition) is 0. The van der Waals surface area contributed by atoms with E-state index in [-0.39, 0.29) is 19.8 Å². The number of terminal acetylenes is 1. The second-order valence-electron chi connectivity index (χ2n) is 4.33. The van der Waals surface area contributed by atoms with Crippen molar-refractivity contribution in [1.29, 1.82) is 0 Å². The fraction of sp³-hybridized carbons (Fsp3) is 0.438. The molecule has 1 aromatic rings. The molecule has 102 valence electrons. The van der Waals surface area contributed by atoms with Crippen molar-refractivity contribution in [2.45, 2.75) is 32.6 Å². The Balaban J connectivity index is 2.52. The maximum absolute atomic E-state index is 12.3. The second-order valence-corrected chi connectivity index (χ2v) is 6.48. The Bertz CT molecular complexity index is 411. The van der Waals surface area contributed by atoms with Gasteiger partial charge < -0.3 is 0 Å². The standard InChI is InChI=1S/C16H21NOSe/c1-3-5-10-14-17(13-6-4-2)16(18)19-15-11-8-7-9-12-15/h1,7-9,11-12H,4-6,10,13-14H2,2H3. The predicted octanol–water partition coefficient (Wildman–Crippen LogP) is 2.65. The number of amides is 1. The Labute approximate surface area is 122 Å². The van der Waals surface area contributed by atoms with Crippen molar-refractivity contribution in [2.75, 3.05) is 13.1 Å². The van der Waals surface area contributed by atoms with E-state index >= 15 is 0 Å². The van der Waals surface area contributed by atoms with Gasteiger partial charge >= 0.3 is 122 Å². The molecule has 0 aliphatic rings. The van der Waals surface area contributed by atoms with Gasteiger partial charge in [-0.15, -0.1) is 0 Å². The van der Waals surface area contributed by atoms with Gasteiger partial charge in [0.05, 0.1) is 0 Å². The van der Waals surface area contributed by atoms with Gasteiger partial charge in [-0.25, -0.2) is 0 Å². The van der Waals surface area contributed by atoms with Gasteiger partial charge in [0.15, 0.2) is 0 Å². The molecule has 0 aliphatic carbocycles. The summed E-state index contributed by atoms with van der Waals surface area (Å²) < 4.78 is 1.14. The van der Waals surface area contributed by atoms with E-state index in [1.807, 2.05) is 35.2 Å². The van der Waals surface area contributed by atoms with Crippen LogP contribution in [-0.4, -0.2) is 37.8 Å². The van der Waals surface area contributed by atoms with Gasteiger partial charge in [-0.05, 0) is 0 Å². The molecule has 0 aromatic heterocycles. The summed E-state index contributed by atoms with van der Waals surface area (Å²) in [5.74, 6) is 2.63. The molecule has 0 spiro atoms. The topological polar surface area (TPSA) is 20.3 Å². The third-order valence-electron chi connectivity index (χ3n) is 2.74. The molecule has 0 aliphatic heterocycles. The second kappa shape index (κ2) is 9.67. The van der Waals surface area contributed by atoms with Crippen molar-refractivity contribution in [2.24, 2.45) is 0 Å². The summed E-state index contributed by atoms with van der Waals surface area (Å²) in [6.45, 7) is 3.79. The Morgan fingerprint density at radius 3 is 2.58 bits per heavy atom. The fourth-order valence-electron chi connectivity index (χ4n) is 1.67. The van der Waals surface area contributed by atoms with E-state index in [1.54, 1.807) is 0 Å². The molecule has 1 aromatic carbocycles. The van der Waals surface area contributed by atoms with Crippen LogP contribution in [0.4, 0.5) is 4.79 Å². The number of carbonyl (C=O) groups is 1. The number of unbranched alkanes of at least 4 members (excludes halogenated alkanes) is 2. The van der Waals surface area contributed by atoms with E-state index in [4.69, 9.17) is 6.42 Å². The van der Waals surface area contributed by atoms with Gasteiger partial charge in [0.1, 0.15) is 0 Å². The van der Waals surface area contributed by atoms with Crippen LogP contribution >= 0.6 is 0 Å². The maximum atomic E-state index is 12.3. The number of carbonyl (C=O) groups excluding carboxylic acids is 1. The molecule has 0 heterocycles. The Morgan fingerprint density at radius 1 is 1.26 bits per heavy atom. The quantitative estimate of drug-likeness (QED) is 0.409. The van der Waals surface area contributed by atoms with Crippen LogP contribution in [-0.2, 0) is 0 Å². The van der Waals surface area contributed by atoms with E-state index in [1.165, 1.54) is 0 Å². The number of benzene rings is 1. The van der Waals surface area contributed by atoms with Crippen molar-refractivity contribution in [3.05, 3.63) is 30.3 Å². The first kappa shape index (κ1) is 15.8. The Kier molecular flexibility index (Phi) is 8.05. The van der Waals surface area contributed by atoms with E-state index in [0.29, 0.717) is 0 Å². The van der Waals surface area contributed by atoms with Crippen LogP contribution in [0, 0.1) is 12.3 Å². The molecule has 1 rings (SSSR count). The zero-order chi connectivity index (χ0) is 13.9. The van der Waals surface area contributed by atoms with Crippen molar-refractivity contribution < 1.29 is 4.79 Å². The van der Waals surface area contributed by atoms with E-state index in [0.717, 1.165) is 43.2 Å². The van der Waals surface area contributed by atoms with E-state index < -0.39 is 0 Å². The van der Waals surface area contributed by atoms with Gasteiger partial charge in [-0.3, -0.25) is 0 Å². The van der Waals surface area contributed by atoms with Gasteiger partial charge in [0.25, 0.3) is 0 Å². The fourth-order valence-corrected chi connectivity index (χ4v) is 3.36. The first-order chi connectivity index (χ1) is 9.27. The zero-order valence-corrected chi connectivity index (χ0v) is 13.2. The van der Waals surface area contributed by atoms with Crippen LogP contribution in [0.2, 0.25) is 0 Å². The summed E-state index contributed by atoms with van der Waals surface area (Å²) >= 11 is -0.120. The van der Waals surface area contributed by atoms with Crippen LogP contribution in [0.25, 0.3) is 0 Å². The van der Waals surface area contributed by atoms with Crippen LogP contribution in [0.3, 0.4) is 0 Å². The normalized spacial score (nSPS) is 9.89. The number of rotatable bonds is 8. The summed E-state index contributed by atoms with van der Waals surface area (Å²) in [7, 11) is 0. The van der Waals surface area contributed by atoms with E-state index in [9.17, 15) is 4.79 Å². The molecule has 19 heavy (non-hydrogen) atoms. The van der Waals surface area contributed by atoms with Crippen LogP contribution < -0.4 is 4.46 Å². The monoisotopic (exact) mass is 323 g/mol. The van der Waals surface area contributed by atoms with Crippen LogP contribution in [0.1, 0.15) is 32.6 Å². The predicted molar refractivity (Wildman–Crippen MR) is 81.8 cm³/mol. The molecule has 3 heteroatoms. The minimum atomic E-state index is -0.120. The molecule has 0 fully saturated rings. The summed E-state index contributed by atoms with van der Waals surface area (Å²) in [6, 6.07) is 10.00. The molecule has 0 atom stereocenters. The van der Waals surface area contributed by atoms with Crippen LogP contribution in [0.15, 0.2) is 30.3 Å². The molecule has 0 saturated heterocycles. The Morgan fingerprint density at radius 2 is 1.95 bits per heavy atom. The molecule has 0 N–H and O–H groups in total. The SMILES string of the molecule is C#CCCCN(CCCC)C(=O)[Se]c1ccccc1. The number of nitrogens with zero attached hydrogens (tertiary/aromatic N) is 1. The molecular formula is C16H21NOSe. The molecular weight excluding hydrogens is 301 g/mol. The molecule has 0 saturated carbocycles. The third-order valence-corrected chi connectivity index (χ3v) is 4.71. The molecule has 0 unspecified atom stereocenters. The third kappa shape index (κ3) is 6.47. The van der Waals surface area contributed by atoms with Crippen molar-refractivity contribution in [1.82, 2.24) is 4.90 Å². The zero-order valence-electron chi connectivity index (χ0n) is 11.5.